The van der Waals surface area contributed by atoms with Crippen molar-refractivity contribution >= 4 is 15.9 Å². The van der Waals surface area contributed by atoms with E-state index in [0.717, 1.165) is 12.2 Å². The van der Waals surface area contributed by atoms with Gasteiger partial charge in [0, 0.05) is 18.4 Å². The molecule has 1 aromatic rings. The average molecular weight is 285 g/mol. The molecule has 1 aromatic carbocycles. The highest BCUT2D eigenvalue weighted by Gasteiger charge is 2.41. The Bertz CT molecular complexity index is 358. The van der Waals surface area contributed by atoms with E-state index in [1.165, 1.54) is 11.1 Å². The van der Waals surface area contributed by atoms with Crippen LogP contribution in [0.1, 0.15) is 17.5 Å². The molecular weight excluding hydrogens is 268 g/mol. The zero-order valence-electron chi connectivity index (χ0n) is 9.87. The predicted molar refractivity (Wildman–Crippen MR) is 68.5 cm³/mol. The van der Waals surface area contributed by atoms with Crippen LogP contribution in [0.2, 0.25) is 0 Å². The number of aryl methyl sites for hydroxylation is 2. The lowest BCUT2D eigenvalue weighted by Crippen LogP contribution is -2.51. The van der Waals surface area contributed by atoms with Crippen molar-refractivity contribution in [3.63, 3.8) is 0 Å². The van der Waals surface area contributed by atoms with Crippen LogP contribution in [-0.2, 0) is 4.74 Å². The second-order valence-electron chi connectivity index (χ2n) is 4.43. The average Bonchev–Trinajstić information content (AvgIpc) is 2.15. The maximum atomic E-state index is 5.93. The molecule has 16 heavy (non-hydrogen) atoms. The molecular formula is C13H17BrO2. The molecule has 0 heterocycles. The Labute approximate surface area is 105 Å². The number of methoxy groups -OCH3 is 1. The van der Waals surface area contributed by atoms with Gasteiger partial charge in [-0.3, -0.25) is 0 Å². The first-order valence-corrected chi connectivity index (χ1v) is 6.43. The minimum Gasteiger partial charge on any atom is -0.488 e. The van der Waals surface area contributed by atoms with Gasteiger partial charge in [-0.1, -0.05) is 22.0 Å². The van der Waals surface area contributed by atoms with Crippen molar-refractivity contribution in [2.24, 2.45) is 0 Å². The first-order chi connectivity index (χ1) is 7.60. The highest BCUT2D eigenvalue weighted by Crippen LogP contribution is 2.34. The van der Waals surface area contributed by atoms with E-state index in [9.17, 15) is 0 Å². The van der Waals surface area contributed by atoms with E-state index in [0.29, 0.717) is 4.83 Å². The number of hydrogen-bond donors (Lipinski definition) is 0. The van der Waals surface area contributed by atoms with Crippen LogP contribution in [0.15, 0.2) is 18.2 Å². The SMILES string of the molecule is COC1C(Br)CC1Oc1cc(C)cc(C)c1. The molecule has 0 bridgehead atoms. The van der Waals surface area contributed by atoms with E-state index < -0.39 is 0 Å². The van der Waals surface area contributed by atoms with Crippen LogP contribution >= 0.6 is 15.9 Å². The zero-order chi connectivity index (χ0) is 11.7. The predicted octanol–water partition coefficient (Wildman–Crippen LogP) is 3.23. The third-order valence-corrected chi connectivity index (χ3v) is 3.83. The Hall–Kier alpha value is -0.540. The molecule has 88 valence electrons. The largest absolute Gasteiger partial charge is 0.488 e. The standard InChI is InChI=1S/C13H17BrO2/c1-8-4-9(2)6-10(5-8)16-12-7-11(14)13(12)15-3/h4-6,11-13H,7H2,1-3H3. The monoisotopic (exact) mass is 284 g/mol. The molecule has 2 rings (SSSR count). The summed E-state index contributed by atoms with van der Waals surface area (Å²) in [5, 5.41) is 0. The molecule has 1 fully saturated rings. The first-order valence-electron chi connectivity index (χ1n) is 5.52. The summed E-state index contributed by atoms with van der Waals surface area (Å²) >= 11 is 3.56. The molecule has 1 aliphatic carbocycles. The Morgan fingerprint density at radius 3 is 2.31 bits per heavy atom. The summed E-state index contributed by atoms with van der Waals surface area (Å²) in [4.78, 5) is 0.424. The number of benzene rings is 1. The topological polar surface area (TPSA) is 18.5 Å². The first kappa shape index (κ1) is 11.9. The van der Waals surface area contributed by atoms with E-state index >= 15 is 0 Å². The van der Waals surface area contributed by atoms with Crippen LogP contribution in [-0.4, -0.2) is 24.1 Å². The molecule has 1 aliphatic rings. The van der Waals surface area contributed by atoms with Gasteiger partial charge in [-0.2, -0.15) is 0 Å². The fourth-order valence-corrected chi connectivity index (χ4v) is 3.04. The van der Waals surface area contributed by atoms with E-state index in [2.05, 4.69) is 48.0 Å². The maximum Gasteiger partial charge on any atom is 0.127 e. The summed E-state index contributed by atoms with van der Waals surface area (Å²) in [5.74, 6) is 0.948. The molecule has 1 saturated carbocycles. The van der Waals surface area contributed by atoms with Crippen molar-refractivity contribution in [1.29, 1.82) is 0 Å². The molecule has 0 spiro atoms. The van der Waals surface area contributed by atoms with Crippen molar-refractivity contribution < 1.29 is 9.47 Å². The van der Waals surface area contributed by atoms with Gasteiger partial charge in [-0.05, 0) is 37.1 Å². The normalized spacial score (nSPS) is 28.6. The Morgan fingerprint density at radius 2 is 1.81 bits per heavy atom. The minimum absolute atomic E-state index is 0.167. The Morgan fingerprint density at radius 1 is 1.19 bits per heavy atom. The van der Waals surface area contributed by atoms with Gasteiger partial charge in [-0.25, -0.2) is 0 Å². The fourth-order valence-electron chi connectivity index (χ4n) is 2.12. The van der Waals surface area contributed by atoms with Crippen LogP contribution < -0.4 is 4.74 Å². The number of halogens is 1. The van der Waals surface area contributed by atoms with Gasteiger partial charge < -0.3 is 9.47 Å². The molecule has 3 atom stereocenters. The number of ether oxygens (including phenoxy) is 2. The van der Waals surface area contributed by atoms with Gasteiger partial charge >= 0.3 is 0 Å². The van der Waals surface area contributed by atoms with E-state index in [-0.39, 0.29) is 12.2 Å². The smallest absolute Gasteiger partial charge is 0.127 e. The lowest BCUT2D eigenvalue weighted by molar-refractivity contribution is -0.0545. The number of alkyl halides is 1. The van der Waals surface area contributed by atoms with Gasteiger partial charge in [0.25, 0.3) is 0 Å². The van der Waals surface area contributed by atoms with Gasteiger partial charge in [0.15, 0.2) is 0 Å². The fraction of sp³-hybridized carbons (Fsp3) is 0.538. The molecule has 0 saturated heterocycles. The van der Waals surface area contributed by atoms with Crippen LogP contribution in [0.5, 0.6) is 5.75 Å². The number of rotatable bonds is 3. The van der Waals surface area contributed by atoms with Gasteiger partial charge in [0.05, 0.1) is 0 Å². The van der Waals surface area contributed by atoms with E-state index in [1.54, 1.807) is 7.11 Å². The summed E-state index contributed by atoms with van der Waals surface area (Å²) < 4.78 is 11.3. The number of hydrogen-bond acceptors (Lipinski definition) is 2. The maximum absolute atomic E-state index is 5.93. The van der Waals surface area contributed by atoms with Gasteiger partial charge in [0.2, 0.25) is 0 Å². The molecule has 2 nitrogen and oxygen atoms in total. The van der Waals surface area contributed by atoms with Crippen molar-refractivity contribution in [3.8, 4) is 5.75 Å². The second kappa shape index (κ2) is 4.76. The molecule has 3 unspecified atom stereocenters. The quantitative estimate of drug-likeness (QED) is 0.794. The van der Waals surface area contributed by atoms with Crippen molar-refractivity contribution in [2.75, 3.05) is 7.11 Å². The molecule has 0 amide bonds. The molecule has 0 aliphatic heterocycles. The summed E-state index contributed by atoms with van der Waals surface area (Å²) in [5.41, 5.74) is 2.47. The highest BCUT2D eigenvalue weighted by atomic mass is 79.9. The van der Waals surface area contributed by atoms with E-state index in [1.807, 2.05) is 0 Å². The summed E-state index contributed by atoms with van der Waals surface area (Å²) in [6.45, 7) is 4.17. The lowest BCUT2D eigenvalue weighted by Gasteiger charge is -2.40. The molecule has 0 radical (unpaired) electrons. The van der Waals surface area contributed by atoms with Gasteiger partial charge in [0.1, 0.15) is 18.0 Å². The van der Waals surface area contributed by atoms with Crippen LogP contribution in [0.4, 0.5) is 0 Å². The van der Waals surface area contributed by atoms with Gasteiger partial charge in [-0.15, -0.1) is 0 Å². The highest BCUT2D eigenvalue weighted by molar-refractivity contribution is 9.09. The molecule has 3 heteroatoms. The second-order valence-corrected chi connectivity index (χ2v) is 5.61. The van der Waals surface area contributed by atoms with Crippen molar-refractivity contribution in [2.45, 2.75) is 37.3 Å². The van der Waals surface area contributed by atoms with Crippen molar-refractivity contribution in [1.82, 2.24) is 0 Å². The summed E-state index contributed by atoms with van der Waals surface area (Å²) in [7, 11) is 1.73. The van der Waals surface area contributed by atoms with Crippen LogP contribution in [0, 0.1) is 13.8 Å². The van der Waals surface area contributed by atoms with Crippen LogP contribution in [0.25, 0.3) is 0 Å². The third kappa shape index (κ3) is 2.41. The zero-order valence-corrected chi connectivity index (χ0v) is 11.5. The summed E-state index contributed by atoms with van der Waals surface area (Å²) in [6, 6.07) is 6.29. The van der Waals surface area contributed by atoms with E-state index in [4.69, 9.17) is 9.47 Å². The summed E-state index contributed by atoms with van der Waals surface area (Å²) in [6.07, 6.45) is 1.35. The Kier molecular flexibility index (Phi) is 3.55. The van der Waals surface area contributed by atoms with Crippen LogP contribution in [0.3, 0.4) is 0 Å². The third-order valence-electron chi connectivity index (χ3n) is 2.94. The van der Waals surface area contributed by atoms with Crippen molar-refractivity contribution in [3.05, 3.63) is 29.3 Å². The molecule has 0 aromatic heterocycles. The lowest BCUT2D eigenvalue weighted by atomic mass is 9.91. The Balaban J connectivity index is 2.04. The molecule has 0 N–H and O–H groups in total. The minimum atomic E-state index is 0.167.